The summed E-state index contributed by atoms with van der Waals surface area (Å²) in [6.07, 6.45) is 7.42. The van der Waals surface area contributed by atoms with Gasteiger partial charge in [0, 0.05) is 18.0 Å². The molecule has 0 aromatic heterocycles. The Morgan fingerprint density at radius 1 is 1.56 bits per heavy atom. The van der Waals surface area contributed by atoms with Crippen LogP contribution in [0.1, 0.15) is 36.4 Å². The van der Waals surface area contributed by atoms with Gasteiger partial charge in [-0.3, -0.25) is 11.3 Å². The van der Waals surface area contributed by atoms with E-state index in [1.165, 1.54) is 6.07 Å². The van der Waals surface area contributed by atoms with Crippen molar-refractivity contribution in [1.82, 2.24) is 5.43 Å². The molecule has 0 spiro atoms. The summed E-state index contributed by atoms with van der Waals surface area (Å²) >= 11 is 0. The van der Waals surface area contributed by atoms with Crippen LogP contribution in [0.3, 0.4) is 0 Å². The molecule has 0 bridgehead atoms. The zero-order valence-electron chi connectivity index (χ0n) is 9.46. The van der Waals surface area contributed by atoms with Crippen molar-refractivity contribution in [2.24, 2.45) is 5.84 Å². The molecule has 0 saturated heterocycles. The zero-order chi connectivity index (χ0) is 12.0. The maximum Gasteiger partial charge on any atom is 0.128 e. The number of nitrogens with two attached hydrogens (primary N) is 1. The van der Waals surface area contributed by atoms with Crippen molar-refractivity contribution in [2.45, 2.75) is 32.2 Å². The van der Waals surface area contributed by atoms with E-state index < -0.39 is 0 Å². The van der Waals surface area contributed by atoms with Gasteiger partial charge in [-0.1, -0.05) is 12.1 Å². The van der Waals surface area contributed by atoms with Gasteiger partial charge in [0.1, 0.15) is 5.82 Å². The highest BCUT2D eigenvalue weighted by Gasteiger charge is 2.13. The molecular formula is C13H17FN2. The van der Waals surface area contributed by atoms with Crippen molar-refractivity contribution >= 4 is 0 Å². The molecule has 16 heavy (non-hydrogen) atoms. The molecule has 0 amide bonds. The molecule has 0 heterocycles. The predicted octanol–water partition coefficient (Wildman–Crippen LogP) is 2.44. The number of hydrogen-bond acceptors (Lipinski definition) is 2. The first kappa shape index (κ1) is 12.7. The Morgan fingerprint density at radius 2 is 2.31 bits per heavy atom. The lowest BCUT2D eigenvalue weighted by atomic mass is 10.00. The molecule has 2 nitrogen and oxygen atoms in total. The summed E-state index contributed by atoms with van der Waals surface area (Å²) in [7, 11) is 0. The molecule has 3 N–H and O–H groups in total. The van der Waals surface area contributed by atoms with Crippen LogP contribution in [0.2, 0.25) is 0 Å². The highest BCUT2D eigenvalue weighted by molar-refractivity contribution is 5.26. The second kappa shape index (κ2) is 6.26. The molecule has 1 rings (SSSR count). The van der Waals surface area contributed by atoms with Gasteiger partial charge in [-0.25, -0.2) is 4.39 Å². The molecule has 1 unspecified atom stereocenters. The van der Waals surface area contributed by atoms with E-state index in [9.17, 15) is 4.39 Å². The number of hydrazine groups is 1. The van der Waals surface area contributed by atoms with Gasteiger partial charge in [-0.15, -0.1) is 12.3 Å². The van der Waals surface area contributed by atoms with Gasteiger partial charge in [0.05, 0.1) is 0 Å². The van der Waals surface area contributed by atoms with Gasteiger partial charge in [-0.2, -0.15) is 0 Å². The smallest absolute Gasteiger partial charge is 0.128 e. The average Bonchev–Trinajstić information content (AvgIpc) is 2.26. The molecule has 0 aliphatic carbocycles. The van der Waals surface area contributed by atoms with Gasteiger partial charge in [0.25, 0.3) is 0 Å². The summed E-state index contributed by atoms with van der Waals surface area (Å²) in [5.41, 5.74) is 4.13. The van der Waals surface area contributed by atoms with Gasteiger partial charge in [-0.05, 0) is 31.4 Å². The van der Waals surface area contributed by atoms with Crippen LogP contribution in [0.4, 0.5) is 4.39 Å². The molecule has 0 fully saturated rings. The van der Waals surface area contributed by atoms with Gasteiger partial charge >= 0.3 is 0 Å². The Morgan fingerprint density at radius 3 is 2.88 bits per heavy atom. The van der Waals surface area contributed by atoms with E-state index in [1.54, 1.807) is 6.07 Å². The average molecular weight is 220 g/mol. The van der Waals surface area contributed by atoms with Crippen molar-refractivity contribution in [1.29, 1.82) is 0 Å². The number of unbranched alkanes of at least 4 members (excludes halogenated alkanes) is 1. The lowest BCUT2D eigenvalue weighted by Crippen LogP contribution is -2.28. The SMILES string of the molecule is C#CCCCC(NN)c1ccc(C)cc1F. The fourth-order valence-electron chi connectivity index (χ4n) is 1.65. The van der Waals surface area contributed by atoms with E-state index in [1.807, 2.05) is 13.0 Å². The standard InChI is InChI=1S/C13H17FN2/c1-3-4-5-6-13(16-15)11-8-7-10(2)9-12(11)14/h1,7-9,13,16H,4-6,15H2,2H3. The molecule has 1 atom stereocenters. The quantitative estimate of drug-likeness (QED) is 0.346. The van der Waals surface area contributed by atoms with E-state index in [4.69, 9.17) is 12.3 Å². The van der Waals surface area contributed by atoms with Gasteiger partial charge < -0.3 is 0 Å². The number of terminal acetylenes is 1. The topological polar surface area (TPSA) is 38.0 Å². The molecule has 86 valence electrons. The van der Waals surface area contributed by atoms with Crippen LogP contribution in [0, 0.1) is 25.1 Å². The Balaban J connectivity index is 2.75. The predicted molar refractivity (Wildman–Crippen MR) is 63.9 cm³/mol. The first-order chi connectivity index (χ1) is 7.69. The third-order valence-corrected chi connectivity index (χ3v) is 2.55. The fraction of sp³-hybridized carbons (Fsp3) is 0.385. The van der Waals surface area contributed by atoms with Gasteiger partial charge in [0.2, 0.25) is 0 Å². The Kier molecular flexibility index (Phi) is 4.97. The summed E-state index contributed by atoms with van der Waals surface area (Å²) in [6, 6.07) is 4.99. The second-order valence-electron chi connectivity index (χ2n) is 3.84. The summed E-state index contributed by atoms with van der Waals surface area (Å²) in [5.74, 6) is 7.77. The number of rotatable bonds is 5. The fourth-order valence-corrected chi connectivity index (χ4v) is 1.65. The number of aryl methyl sites for hydroxylation is 1. The van der Waals surface area contributed by atoms with Crippen molar-refractivity contribution < 1.29 is 4.39 Å². The van der Waals surface area contributed by atoms with Crippen LogP contribution in [0.15, 0.2) is 18.2 Å². The molecule has 1 aromatic rings. The van der Waals surface area contributed by atoms with Crippen LogP contribution in [0.5, 0.6) is 0 Å². The largest absolute Gasteiger partial charge is 0.271 e. The highest BCUT2D eigenvalue weighted by Crippen LogP contribution is 2.22. The van der Waals surface area contributed by atoms with Crippen LogP contribution >= 0.6 is 0 Å². The van der Waals surface area contributed by atoms with Gasteiger partial charge in [0.15, 0.2) is 0 Å². The molecule has 0 radical (unpaired) electrons. The summed E-state index contributed by atoms with van der Waals surface area (Å²) < 4.78 is 13.7. The van der Waals surface area contributed by atoms with Crippen molar-refractivity contribution in [3.8, 4) is 12.3 Å². The van der Waals surface area contributed by atoms with Crippen molar-refractivity contribution in [3.63, 3.8) is 0 Å². The lowest BCUT2D eigenvalue weighted by Gasteiger charge is -2.16. The number of nitrogens with one attached hydrogen (secondary N) is 1. The molecule has 0 aliphatic heterocycles. The zero-order valence-corrected chi connectivity index (χ0v) is 9.46. The minimum absolute atomic E-state index is 0.172. The minimum Gasteiger partial charge on any atom is -0.271 e. The van der Waals surface area contributed by atoms with Crippen molar-refractivity contribution in [3.05, 3.63) is 35.1 Å². The Bertz CT molecular complexity index is 382. The van der Waals surface area contributed by atoms with E-state index >= 15 is 0 Å². The van der Waals surface area contributed by atoms with E-state index in [-0.39, 0.29) is 11.9 Å². The lowest BCUT2D eigenvalue weighted by molar-refractivity contribution is 0.475. The van der Waals surface area contributed by atoms with E-state index in [0.717, 1.165) is 18.4 Å². The van der Waals surface area contributed by atoms with Crippen LogP contribution in [0.25, 0.3) is 0 Å². The minimum atomic E-state index is -0.219. The summed E-state index contributed by atoms with van der Waals surface area (Å²) in [6.45, 7) is 1.86. The molecular weight excluding hydrogens is 203 g/mol. The number of hydrogen-bond donors (Lipinski definition) is 2. The third kappa shape index (κ3) is 3.34. The maximum atomic E-state index is 13.7. The summed E-state index contributed by atoms with van der Waals surface area (Å²) in [5, 5.41) is 0. The molecule has 0 saturated carbocycles. The Labute approximate surface area is 96.0 Å². The first-order valence-corrected chi connectivity index (χ1v) is 5.34. The third-order valence-electron chi connectivity index (χ3n) is 2.55. The highest BCUT2D eigenvalue weighted by atomic mass is 19.1. The maximum absolute atomic E-state index is 13.7. The second-order valence-corrected chi connectivity index (χ2v) is 3.84. The first-order valence-electron chi connectivity index (χ1n) is 5.34. The van der Waals surface area contributed by atoms with E-state index in [2.05, 4.69) is 11.3 Å². The van der Waals surface area contributed by atoms with Crippen LogP contribution in [-0.2, 0) is 0 Å². The molecule has 0 aliphatic rings. The number of halogens is 1. The van der Waals surface area contributed by atoms with E-state index in [0.29, 0.717) is 12.0 Å². The summed E-state index contributed by atoms with van der Waals surface area (Å²) in [4.78, 5) is 0. The van der Waals surface area contributed by atoms with Crippen LogP contribution in [-0.4, -0.2) is 0 Å². The monoisotopic (exact) mass is 220 g/mol. The number of benzene rings is 1. The molecule has 1 aromatic carbocycles. The molecule has 3 heteroatoms. The normalized spacial score (nSPS) is 12.1. The Hall–Kier alpha value is -1.37. The van der Waals surface area contributed by atoms with Crippen LogP contribution < -0.4 is 11.3 Å². The van der Waals surface area contributed by atoms with Crippen molar-refractivity contribution in [2.75, 3.05) is 0 Å².